The minimum Gasteiger partial charge on any atom is -0.469 e. The van der Waals surface area contributed by atoms with E-state index in [1.165, 1.54) is 0 Å². The van der Waals surface area contributed by atoms with Gasteiger partial charge in [-0.2, -0.15) is 0 Å². The molecule has 100 valence electrons. The van der Waals surface area contributed by atoms with E-state index in [9.17, 15) is 4.79 Å². The Bertz CT molecular complexity index is 520. The molecule has 1 aromatic carbocycles. The zero-order valence-electron chi connectivity index (χ0n) is 10.7. The van der Waals surface area contributed by atoms with Crippen LogP contribution in [0.25, 0.3) is 0 Å². The van der Waals surface area contributed by atoms with Gasteiger partial charge in [0.25, 0.3) is 5.91 Å². The third-order valence-corrected chi connectivity index (χ3v) is 3.61. The van der Waals surface area contributed by atoms with Gasteiger partial charge in [-0.25, -0.2) is 0 Å². The zero-order chi connectivity index (χ0) is 13.7. The van der Waals surface area contributed by atoms with Crippen molar-refractivity contribution in [2.75, 3.05) is 0 Å². The standard InChI is InChI=1S/C15H16INO2/c1-11(4-9-14-3-2-10-19-14)17-15(18)12-5-7-13(16)8-6-12/h2-3,5-8,10-11H,4,9H2,1H3,(H,17,18). The van der Waals surface area contributed by atoms with E-state index in [1.54, 1.807) is 6.26 Å². The highest BCUT2D eigenvalue weighted by Gasteiger charge is 2.10. The molecule has 2 rings (SSSR count). The molecule has 1 heterocycles. The first-order valence-corrected chi connectivity index (χ1v) is 7.32. The maximum Gasteiger partial charge on any atom is 0.251 e. The SMILES string of the molecule is CC(CCc1ccco1)NC(=O)c1ccc(I)cc1. The molecule has 0 aliphatic carbocycles. The van der Waals surface area contributed by atoms with Gasteiger partial charge in [-0.1, -0.05) is 0 Å². The highest BCUT2D eigenvalue weighted by Crippen LogP contribution is 2.09. The number of aryl methyl sites for hydroxylation is 1. The highest BCUT2D eigenvalue weighted by molar-refractivity contribution is 14.1. The van der Waals surface area contributed by atoms with Crippen LogP contribution in [0.15, 0.2) is 47.1 Å². The fraction of sp³-hybridized carbons (Fsp3) is 0.267. The summed E-state index contributed by atoms with van der Waals surface area (Å²) >= 11 is 2.22. The number of nitrogens with one attached hydrogen (secondary N) is 1. The second kappa shape index (κ2) is 6.75. The summed E-state index contributed by atoms with van der Waals surface area (Å²) in [4.78, 5) is 12.0. The van der Waals surface area contributed by atoms with Crippen LogP contribution < -0.4 is 5.32 Å². The van der Waals surface area contributed by atoms with E-state index in [1.807, 2.05) is 43.3 Å². The Kier molecular flexibility index (Phi) is 5.01. The van der Waals surface area contributed by atoms with Crippen molar-refractivity contribution < 1.29 is 9.21 Å². The molecule has 0 bridgehead atoms. The summed E-state index contributed by atoms with van der Waals surface area (Å²) in [5.41, 5.74) is 0.699. The number of amides is 1. The minimum absolute atomic E-state index is 0.0247. The Morgan fingerprint density at radius 1 is 1.32 bits per heavy atom. The van der Waals surface area contributed by atoms with Crippen LogP contribution in [0.3, 0.4) is 0 Å². The summed E-state index contributed by atoms with van der Waals surface area (Å²) in [5, 5.41) is 3.00. The molecule has 0 fully saturated rings. The second-order valence-electron chi connectivity index (χ2n) is 4.50. The molecule has 3 nitrogen and oxygen atoms in total. The monoisotopic (exact) mass is 369 g/mol. The quantitative estimate of drug-likeness (QED) is 0.818. The van der Waals surface area contributed by atoms with Crippen LogP contribution in [-0.4, -0.2) is 11.9 Å². The summed E-state index contributed by atoms with van der Waals surface area (Å²) in [6.07, 6.45) is 3.37. The van der Waals surface area contributed by atoms with Crippen LogP contribution in [0.4, 0.5) is 0 Å². The van der Waals surface area contributed by atoms with Gasteiger partial charge in [0.15, 0.2) is 0 Å². The largest absolute Gasteiger partial charge is 0.469 e. The van der Waals surface area contributed by atoms with E-state index >= 15 is 0 Å². The van der Waals surface area contributed by atoms with Crippen molar-refractivity contribution in [3.63, 3.8) is 0 Å². The van der Waals surface area contributed by atoms with Gasteiger partial charge in [-0.05, 0) is 72.3 Å². The fourth-order valence-electron chi connectivity index (χ4n) is 1.79. The lowest BCUT2D eigenvalue weighted by Crippen LogP contribution is -2.32. The Morgan fingerprint density at radius 3 is 2.68 bits per heavy atom. The normalized spacial score (nSPS) is 12.1. The number of benzene rings is 1. The Labute approximate surface area is 126 Å². The van der Waals surface area contributed by atoms with Gasteiger partial charge in [0.2, 0.25) is 0 Å². The molecule has 0 spiro atoms. The zero-order valence-corrected chi connectivity index (χ0v) is 12.9. The van der Waals surface area contributed by atoms with E-state index in [-0.39, 0.29) is 11.9 Å². The number of carbonyl (C=O) groups is 1. The maximum atomic E-state index is 12.0. The number of rotatable bonds is 5. The van der Waals surface area contributed by atoms with E-state index in [2.05, 4.69) is 27.9 Å². The number of hydrogen-bond donors (Lipinski definition) is 1. The molecule has 1 aromatic heterocycles. The Morgan fingerprint density at radius 2 is 2.05 bits per heavy atom. The molecule has 1 unspecified atom stereocenters. The Balaban J connectivity index is 1.83. The van der Waals surface area contributed by atoms with Gasteiger partial charge in [-0.15, -0.1) is 0 Å². The van der Waals surface area contributed by atoms with Crippen LogP contribution in [0.1, 0.15) is 29.5 Å². The smallest absolute Gasteiger partial charge is 0.251 e. The molecule has 1 amide bonds. The first kappa shape index (κ1) is 14.1. The molecule has 4 heteroatoms. The van der Waals surface area contributed by atoms with Crippen molar-refractivity contribution in [1.82, 2.24) is 5.32 Å². The van der Waals surface area contributed by atoms with E-state index in [0.29, 0.717) is 5.56 Å². The van der Waals surface area contributed by atoms with Gasteiger partial charge < -0.3 is 9.73 Å². The van der Waals surface area contributed by atoms with Gasteiger partial charge in [0.1, 0.15) is 5.76 Å². The third kappa shape index (κ3) is 4.38. The van der Waals surface area contributed by atoms with Gasteiger partial charge >= 0.3 is 0 Å². The predicted molar refractivity (Wildman–Crippen MR) is 83.1 cm³/mol. The average molecular weight is 369 g/mol. The molecule has 1 N–H and O–H groups in total. The van der Waals surface area contributed by atoms with Gasteiger partial charge in [-0.3, -0.25) is 4.79 Å². The van der Waals surface area contributed by atoms with Crippen molar-refractivity contribution in [2.24, 2.45) is 0 Å². The second-order valence-corrected chi connectivity index (χ2v) is 5.75. The summed E-state index contributed by atoms with van der Waals surface area (Å²) in [7, 11) is 0. The van der Waals surface area contributed by atoms with Crippen LogP contribution in [0.2, 0.25) is 0 Å². The maximum absolute atomic E-state index is 12.0. The predicted octanol–water partition coefficient (Wildman–Crippen LogP) is 3.64. The molecule has 1 atom stereocenters. The summed E-state index contributed by atoms with van der Waals surface area (Å²) in [6.45, 7) is 2.01. The molecule has 0 aliphatic heterocycles. The molecular formula is C15H16INO2. The highest BCUT2D eigenvalue weighted by atomic mass is 127. The first-order valence-electron chi connectivity index (χ1n) is 6.24. The topological polar surface area (TPSA) is 42.2 Å². The third-order valence-electron chi connectivity index (χ3n) is 2.89. The number of hydrogen-bond acceptors (Lipinski definition) is 2. The van der Waals surface area contributed by atoms with E-state index in [4.69, 9.17) is 4.42 Å². The van der Waals surface area contributed by atoms with Crippen LogP contribution >= 0.6 is 22.6 Å². The van der Waals surface area contributed by atoms with Crippen molar-refractivity contribution in [3.8, 4) is 0 Å². The number of carbonyl (C=O) groups excluding carboxylic acids is 1. The first-order chi connectivity index (χ1) is 9.15. The number of halogens is 1. The van der Waals surface area contributed by atoms with E-state index in [0.717, 1.165) is 22.2 Å². The minimum atomic E-state index is -0.0247. The number of furan rings is 1. The van der Waals surface area contributed by atoms with Gasteiger partial charge in [0.05, 0.1) is 6.26 Å². The fourth-order valence-corrected chi connectivity index (χ4v) is 2.15. The summed E-state index contributed by atoms with van der Waals surface area (Å²) in [5.74, 6) is 0.929. The van der Waals surface area contributed by atoms with Gasteiger partial charge in [0, 0.05) is 21.6 Å². The lowest BCUT2D eigenvalue weighted by atomic mass is 10.1. The lowest BCUT2D eigenvalue weighted by molar-refractivity contribution is 0.0938. The molecule has 0 aliphatic rings. The average Bonchev–Trinajstić information content (AvgIpc) is 2.90. The van der Waals surface area contributed by atoms with Crippen molar-refractivity contribution in [3.05, 3.63) is 57.6 Å². The molecule has 0 radical (unpaired) electrons. The van der Waals surface area contributed by atoms with E-state index < -0.39 is 0 Å². The summed E-state index contributed by atoms with van der Waals surface area (Å²) in [6, 6.07) is 11.5. The van der Waals surface area contributed by atoms with Crippen molar-refractivity contribution >= 4 is 28.5 Å². The van der Waals surface area contributed by atoms with Crippen LogP contribution in [0.5, 0.6) is 0 Å². The molecule has 0 saturated carbocycles. The molecular weight excluding hydrogens is 353 g/mol. The lowest BCUT2D eigenvalue weighted by Gasteiger charge is -2.13. The molecule has 2 aromatic rings. The molecule has 0 saturated heterocycles. The van der Waals surface area contributed by atoms with Crippen molar-refractivity contribution in [1.29, 1.82) is 0 Å². The van der Waals surface area contributed by atoms with Crippen molar-refractivity contribution in [2.45, 2.75) is 25.8 Å². The van der Waals surface area contributed by atoms with Crippen LogP contribution in [0, 0.1) is 3.57 Å². The Hall–Kier alpha value is -1.30. The summed E-state index contributed by atoms with van der Waals surface area (Å²) < 4.78 is 6.40. The molecule has 19 heavy (non-hydrogen) atoms. The van der Waals surface area contributed by atoms with Crippen LogP contribution in [-0.2, 0) is 6.42 Å².